The summed E-state index contributed by atoms with van der Waals surface area (Å²) in [5, 5.41) is 9.42. The maximum Gasteiger partial charge on any atom is 0.101 e. The third kappa shape index (κ3) is 3.86. The molecule has 0 aromatic carbocycles. The largest absolute Gasteiger partial charge is 0.370 e. The van der Waals surface area contributed by atoms with Crippen molar-refractivity contribution in [1.82, 2.24) is 4.90 Å². The van der Waals surface area contributed by atoms with E-state index >= 15 is 0 Å². The van der Waals surface area contributed by atoms with Gasteiger partial charge in [-0.2, -0.15) is 5.26 Å². The van der Waals surface area contributed by atoms with Crippen molar-refractivity contribution in [3.63, 3.8) is 0 Å². The first-order valence-corrected chi connectivity index (χ1v) is 7.05. The molecular formula is C18H20N2. The van der Waals surface area contributed by atoms with Gasteiger partial charge in [0.15, 0.2) is 0 Å². The van der Waals surface area contributed by atoms with E-state index in [4.69, 9.17) is 0 Å². The molecule has 1 heterocycles. The highest BCUT2D eigenvalue weighted by atomic mass is 15.2. The maximum atomic E-state index is 9.42. The number of allylic oxidation sites excluding steroid dienone is 11. The molecule has 1 unspecified atom stereocenters. The minimum absolute atomic E-state index is 0.694. The van der Waals surface area contributed by atoms with Crippen molar-refractivity contribution < 1.29 is 0 Å². The van der Waals surface area contributed by atoms with Gasteiger partial charge in [-0.3, -0.25) is 0 Å². The lowest BCUT2D eigenvalue weighted by molar-refractivity contribution is 0.421. The van der Waals surface area contributed by atoms with Gasteiger partial charge in [-0.25, -0.2) is 0 Å². The zero-order valence-electron chi connectivity index (χ0n) is 11.9. The van der Waals surface area contributed by atoms with Crippen molar-refractivity contribution in [2.75, 3.05) is 13.1 Å². The van der Waals surface area contributed by atoms with Crippen molar-refractivity contribution >= 4 is 0 Å². The average molecular weight is 264 g/mol. The van der Waals surface area contributed by atoms with Gasteiger partial charge >= 0.3 is 0 Å². The van der Waals surface area contributed by atoms with Crippen LogP contribution in [0.25, 0.3) is 0 Å². The fraction of sp³-hybridized carbons (Fsp3) is 0.278. The molecule has 1 atom stereocenters. The third-order valence-corrected chi connectivity index (χ3v) is 3.46. The van der Waals surface area contributed by atoms with E-state index in [1.165, 1.54) is 6.42 Å². The topological polar surface area (TPSA) is 27.0 Å². The Balaban J connectivity index is 2.36. The molecule has 2 heteroatoms. The minimum atomic E-state index is 0.694. The quantitative estimate of drug-likeness (QED) is 0.718. The van der Waals surface area contributed by atoms with Crippen molar-refractivity contribution in [2.45, 2.75) is 13.3 Å². The Bertz CT molecular complexity index is 550. The second kappa shape index (κ2) is 7.35. The number of nitrogens with zero attached hydrogens (tertiary/aromatic N) is 2. The van der Waals surface area contributed by atoms with Crippen LogP contribution in [0.4, 0.5) is 0 Å². The first-order valence-electron chi connectivity index (χ1n) is 7.05. The van der Waals surface area contributed by atoms with Gasteiger partial charge in [0.05, 0.1) is 11.3 Å². The van der Waals surface area contributed by atoms with Crippen molar-refractivity contribution in [3.05, 3.63) is 72.0 Å². The number of hydrogen-bond donors (Lipinski definition) is 0. The maximum absolute atomic E-state index is 9.42. The molecule has 1 aliphatic heterocycles. The molecule has 0 aromatic rings. The van der Waals surface area contributed by atoms with E-state index in [9.17, 15) is 5.26 Å². The van der Waals surface area contributed by atoms with Crippen LogP contribution >= 0.6 is 0 Å². The van der Waals surface area contributed by atoms with Crippen LogP contribution in [0.15, 0.2) is 72.0 Å². The molecule has 102 valence electrons. The Hall–Kier alpha value is -2.27. The summed E-state index contributed by atoms with van der Waals surface area (Å²) in [5.74, 6) is 0.694. The van der Waals surface area contributed by atoms with Crippen LogP contribution in [-0.2, 0) is 0 Å². The molecule has 0 bridgehead atoms. The molecule has 0 radical (unpaired) electrons. The van der Waals surface area contributed by atoms with E-state index < -0.39 is 0 Å². The Morgan fingerprint density at radius 3 is 2.15 bits per heavy atom. The normalized spacial score (nSPS) is 22.8. The fourth-order valence-electron chi connectivity index (χ4n) is 2.38. The predicted octanol–water partition coefficient (Wildman–Crippen LogP) is 3.90. The molecule has 0 spiro atoms. The molecular weight excluding hydrogens is 244 g/mol. The van der Waals surface area contributed by atoms with Crippen LogP contribution in [-0.4, -0.2) is 18.0 Å². The summed E-state index contributed by atoms with van der Waals surface area (Å²) >= 11 is 0. The molecule has 0 N–H and O–H groups in total. The highest BCUT2D eigenvalue weighted by Gasteiger charge is 2.21. The smallest absolute Gasteiger partial charge is 0.101 e. The molecule has 1 fully saturated rings. The monoisotopic (exact) mass is 264 g/mol. The molecule has 0 aromatic heterocycles. The van der Waals surface area contributed by atoms with E-state index in [2.05, 4.69) is 17.9 Å². The van der Waals surface area contributed by atoms with E-state index in [0.29, 0.717) is 5.92 Å². The van der Waals surface area contributed by atoms with Gasteiger partial charge in [0.1, 0.15) is 6.07 Å². The molecule has 20 heavy (non-hydrogen) atoms. The molecule has 2 rings (SSSR count). The van der Waals surface area contributed by atoms with Crippen molar-refractivity contribution in [3.8, 4) is 6.07 Å². The molecule has 1 aliphatic carbocycles. The summed E-state index contributed by atoms with van der Waals surface area (Å²) in [6, 6.07) is 2.32. The number of nitriles is 1. The SMILES string of the molecule is CC1CCN(C2=C(C#N)C=CC=CC=CC=CC=C2)C1. The predicted molar refractivity (Wildman–Crippen MR) is 83.7 cm³/mol. The van der Waals surface area contributed by atoms with Crippen LogP contribution in [0.5, 0.6) is 0 Å². The second-order valence-electron chi connectivity index (χ2n) is 5.12. The lowest BCUT2D eigenvalue weighted by Gasteiger charge is -2.20. The second-order valence-corrected chi connectivity index (χ2v) is 5.12. The summed E-state index contributed by atoms with van der Waals surface area (Å²) in [4.78, 5) is 2.31. The van der Waals surface area contributed by atoms with Crippen LogP contribution < -0.4 is 0 Å². The molecule has 2 nitrogen and oxygen atoms in total. The summed E-state index contributed by atoms with van der Waals surface area (Å²) in [5.41, 5.74) is 1.74. The van der Waals surface area contributed by atoms with Gasteiger partial charge in [0.2, 0.25) is 0 Å². The number of rotatable bonds is 1. The standard InChI is InChI=1S/C18H20N2/c1-16-12-13-20(15-16)18-11-9-7-5-3-2-4-6-8-10-17(18)14-19/h2-11,16H,12-13,15H2,1H3. The highest BCUT2D eigenvalue weighted by Crippen LogP contribution is 2.23. The minimum Gasteiger partial charge on any atom is -0.370 e. The van der Waals surface area contributed by atoms with Gasteiger partial charge in [-0.05, 0) is 24.5 Å². The van der Waals surface area contributed by atoms with Crippen LogP contribution in [0, 0.1) is 17.2 Å². The fourth-order valence-corrected chi connectivity index (χ4v) is 2.38. The summed E-state index contributed by atoms with van der Waals surface area (Å²) in [6.07, 6.45) is 20.9. The van der Waals surface area contributed by atoms with E-state index in [0.717, 1.165) is 24.4 Å². The van der Waals surface area contributed by atoms with Crippen molar-refractivity contribution in [1.29, 1.82) is 5.26 Å². The van der Waals surface area contributed by atoms with Gasteiger partial charge < -0.3 is 4.90 Å². The van der Waals surface area contributed by atoms with Crippen molar-refractivity contribution in [2.24, 2.45) is 5.92 Å². The van der Waals surface area contributed by atoms with Gasteiger partial charge in [-0.1, -0.05) is 55.5 Å². The van der Waals surface area contributed by atoms with Gasteiger partial charge in [-0.15, -0.1) is 0 Å². The number of likely N-dealkylation sites (tertiary alicyclic amines) is 1. The third-order valence-electron chi connectivity index (χ3n) is 3.46. The van der Waals surface area contributed by atoms with Crippen LogP contribution in [0.1, 0.15) is 13.3 Å². The first-order chi connectivity index (χ1) is 9.81. The van der Waals surface area contributed by atoms with Gasteiger partial charge in [0, 0.05) is 13.1 Å². The lowest BCUT2D eigenvalue weighted by atomic mass is 10.1. The molecule has 0 amide bonds. The molecule has 2 aliphatic rings. The van der Waals surface area contributed by atoms with E-state index in [1.807, 2.05) is 60.8 Å². The zero-order valence-corrected chi connectivity index (χ0v) is 11.9. The Kier molecular flexibility index (Phi) is 5.20. The Labute approximate surface area is 121 Å². The molecule has 0 saturated carbocycles. The zero-order chi connectivity index (χ0) is 14.2. The Morgan fingerprint density at radius 1 is 1.00 bits per heavy atom. The first kappa shape index (κ1) is 14.1. The summed E-state index contributed by atoms with van der Waals surface area (Å²) in [6.45, 7) is 4.31. The summed E-state index contributed by atoms with van der Waals surface area (Å²) in [7, 11) is 0. The summed E-state index contributed by atoms with van der Waals surface area (Å²) < 4.78 is 0. The Morgan fingerprint density at radius 2 is 1.60 bits per heavy atom. The van der Waals surface area contributed by atoms with E-state index in [1.54, 1.807) is 0 Å². The van der Waals surface area contributed by atoms with Crippen LogP contribution in [0.3, 0.4) is 0 Å². The average Bonchev–Trinajstić information content (AvgIpc) is 2.86. The van der Waals surface area contributed by atoms with Crippen LogP contribution in [0.2, 0.25) is 0 Å². The molecule has 1 saturated heterocycles. The van der Waals surface area contributed by atoms with E-state index in [-0.39, 0.29) is 0 Å². The highest BCUT2D eigenvalue weighted by molar-refractivity contribution is 5.44. The van der Waals surface area contributed by atoms with Gasteiger partial charge in [0.25, 0.3) is 0 Å². The number of hydrogen-bond acceptors (Lipinski definition) is 2. The lowest BCUT2D eigenvalue weighted by Crippen LogP contribution is -2.19.